The molecule has 0 radical (unpaired) electrons. The Labute approximate surface area is 586 Å². The van der Waals surface area contributed by atoms with E-state index in [1.165, 1.54) is 34.1 Å². The van der Waals surface area contributed by atoms with Gasteiger partial charge in [0.1, 0.15) is 41.7 Å². The van der Waals surface area contributed by atoms with Crippen molar-refractivity contribution < 1.29 is 68.1 Å². The van der Waals surface area contributed by atoms with E-state index in [0.29, 0.717) is 56.9 Å². The lowest BCUT2D eigenvalue weighted by molar-refractivity contribution is -0.143. The molecule has 536 valence electrons. The van der Waals surface area contributed by atoms with Crippen molar-refractivity contribution in [2.75, 3.05) is 39.3 Å². The highest BCUT2D eigenvalue weighted by molar-refractivity contribution is 5.97. The second-order valence-electron chi connectivity index (χ2n) is 25.7. The number of phenols is 2. The van der Waals surface area contributed by atoms with Crippen molar-refractivity contribution in [1.29, 1.82) is 0 Å². The Morgan fingerprint density at radius 3 is 1.59 bits per heavy atom. The normalized spacial score (nSPS) is 15.5. The summed E-state index contributed by atoms with van der Waals surface area (Å²) in [6.07, 6.45) is 4.19. The maximum absolute atomic E-state index is 14.5. The van der Waals surface area contributed by atoms with Crippen LogP contribution in [0.2, 0.25) is 0 Å². The van der Waals surface area contributed by atoms with E-state index in [2.05, 4.69) is 42.5 Å². The number of amides is 10. The Morgan fingerprint density at radius 2 is 0.960 bits per heavy atom. The van der Waals surface area contributed by atoms with Crippen LogP contribution in [0.5, 0.6) is 11.5 Å². The largest absolute Gasteiger partial charge is 0.508 e. The first kappa shape index (κ1) is 76.0. The molecule has 26 heteroatoms. The van der Waals surface area contributed by atoms with Gasteiger partial charge in [0.15, 0.2) is 0 Å². The fraction of sp³-hybridized carbons (Fsp3) is 0.400. The van der Waals surface area contributed by atoms with Gasteiger partial charge in [0.2, 0.25) is 59.1 Å². The predicted octanol–water partition coefficient (Wildman–Crippen LogP) is 2.75. The first-order chi connectivity index (χ1) is 48.7. The van der Waals surface area contributed by atoms with Gasteiger partial charge in [0, 0.05) is 64.8 Å². The molecule has 26 nitrogen and oxygen atoms in total. The molecule has 6 aromatic carbocycles. The molecule has 15 N–H and O–H groups in total. The number of carbonyl (C=O) groups is 11. The number of aromatic hydroxyl groups is 2. The summed E-state index contributed by atoms with van der Waals surface area (Å²) in [7, 11) is 0. The molecule has 2 aliphatic rings. The number of hydrogen-bond donors (Lipinski definition) is 13. The fourth-order valence-corrected chi connectivity index (χ4v) is 12.4. The number of fused-ring (bicyclic) bond motifs is 2. The summed E-state index contributed by atoms with van der Waals surface area (Å²) in [5.41, 5.74) is 17.4. The zero-order chi connectivity index (χ0) is 72.2. The van der Waals surface area contributed by atoms with Crippen molar-refractivity contribution in [1.82, 2.24) is 52.3 Å². The summed E-state index contributed by atoms with van der Waals surface area (Å²) in [4.78, 5) is 150. The van der Waals surface area contributed by atoms with Gasteiger partial charge in [-0.15, -0.1) is 0 Å². The molecule has 2 heterocycles. The van der Waals surface area contributed by atoms with Crippen LogP contribution in [-0.4, -0.2) is 172 Å². The van der Waals surface area contributed by atoms with Crippen molar-refractivity contribution in [2.24, 2.45) is 11.5 Å². The number of hydrogen-bond acceptors (Lipinski definition) is 15. The molecule has 0 unspecified atom stereocenters. The minimum atomic E-state index is -1.21. The number of benzene rings is 6. The number of likely N-dealkylation sites (tertiary alicyclic amines) is 1. The lowest BCUT2D eigenvalue weighted by Crippen LogP contribution is -2.58. The van der Waals surface area contributed by atoms with Gasteiger partial charge in [0.05, 0.1) is 25.2 Å². The van der Waals surface area contributed by atoms with Crippen LogP contribution in [0.3, 0.4) is 0 Å². The topological polar surface area (TPSA) is 403 Å². The maximum atomic E-state index is 14.5. The van der Waals surface area contributed by atoms with Crippen LogP contribution < -0.4 is 54.0 Å². The number of carboxylic acids is 1. The van der Waals surface area contributed by atoms with E-state index in [0.717, 1.165) is 38.6 Å². The number of aliphatic carboxylic acids is 1. The van der Waals surface area contributed by atoms with Gasteiger partial charge < -0.3 is 79.1 Å². The molecule has 0 aromatic heterocycles. The van der Waals surface area contributed by atoms with Gasteiger partial charge in [-0.05, 0) is 139 Å². The molecule has 2 aliphatic heterocycles. The molecule has 7 atom stereocenters. The monoisotopic (exact) mass is 1380 g/mol. The second-order valence-corrected chi connectivity index (χ2v) is 25.7. The summed E-state index contributed by atoms with van der Waals surface area (Å²) in [5, 5.41) is 52.9. The lowest BCUT2D eigenvalue weighted by atomic mass is 9.92. The molecular formula is C75H92N12O14. The fourth-order valence-electron chi connectivity index (χ4n) is 12.4. The van der Waals surface area contributed by atoms with Crippen LogP contribution in [0.25, 0.3) is 10.8 Å². The predicted molar refractivity (Wildman–Crippen MR) is 377 cm³/mol. The summed E-state index contributed by atoms with van der Waals surface area (Å²) in [6, 6.07) is 35.2. The molecule has 1 fully saturated rings. The average molecular weight is 1390 g/mol. The molecule has 0 bridgehead atoms. The highest BCUT2D eigenvalue weighted by atomic mass is 16.4. The van der Waals surface area contributed by atoms with Crippen LogP contribution in [0.15, 0.2) is 146 Å². The van der Waals surface area contributed by atoms with Crippen molar-refractivity contribution in [3.63, 3.8) is 0 Å². The zero-order valence-corrected chi connectivity index (χ0v) is 56.5. The van der Waals surface area contributed by atoms with E-state index in [-0.39, 0.29) is 108 Å². The maximum Gasteiger partial charge on any atom is 0.326 e. The van der Waals surface area contributed by atoms with Gasteiger partial charge in [-0.1, -0.05) is 121 Å². The molecular weight excluding hydrogens is 1290 g/mol. The number of unbranched alkanes of at least 4 members (excludes halogenated alkanes) is 3. The van der Waals surface area contributed by atoms with Gasteiger partial charge in [-0.25, -0.2) is 4.79 Å². The molecule has 8 rings (SSSR count). The van der Waals surface area contributed by atoms with Gasteiger partial charge >= 0.3 is 5.97 Å². The molecule has 0 spiro atoms. The number of phenolic OH excluding ortho intramolecular Hbond substituents is 2. The first-order valence-corrected chi connectivity index (χ1v) is 34.4. The second kappa shape index (κ2) is 38.6. The zero-order valence-electron chi connectivity index (χ0n) is 56.5. The number of rotatable bonds is 37. The minimum absolute atomic E-state index is 0.00173. The molecule has 0 saturated carbocycles. The molecule has 1 saturated heterocycles. The molecule has 101 heavy (non-hydrogen) atoms. The Hall–Kier alpha value is -10.7. The average Bonchev–Trinajstić information content (AvgIpc) is 0.907. The van der Waals surface area contributed by atoms with Crippen LogP contribution in [0.4, 0.5) is 0 Å². The Kier molecular flexibility index (Phi) is 29.0. The summed E-state index contributed by atoms with van der Waals surface area (Å²) >= 11 is 0. The van der Waals surface area contributed by atoms with E-state index in [4.69, 9.17) is 11.5 Å². The van der Waals surface area contributed by atoms with Gasteiger partial charge in [-0.3, -0.25) is 47.9 Å². The molecule has 0 aliphatic carbocycles. The van der Waals surface area contributed by atoms with E-state index >= 15 is 0 Å². The van der Waals surface area contributed by atoms with E-state index in [1.807, 2.05) is 72.8 Å². The third-order valence-corrected chi connectivity index (χ3v) is 17.9. The van der Waals surface area contributed by atoms with Gasteiger partial charge in [-0.2, -0.15) is 0 Å². The van der Waals surface area contributed by atoms with E-state index in [1.54, 1.807) is 48.5 Å². The smallest absolute Gasteiger partial charge is 0.326 e. The molecule has 10 amide bonds. The van der Waals surface area contributed by atoms with Crippen molar-refractivity contribution in [2.45, 2.75) is 152 Å². The van der Waals surface area contributed by atoms with Gasteiger partial charge in [0.25, 0.3) is 0 Å². The van der Waals surface area contributed by atoms with Crippen LogP contribution >= 0.6 is 0 Å². The highest BCUT2D eigenvalue weighted by Crippen LogP contribution is 2.26. The summed E-state index contributed by atoms with van der Waals surface area (Å²) in [5.74, 6) is -6.03. The minimum Gasteiger partial charge on any atom is -0.508 e. The first-order valence-electron chi connectivity index (χ1n) is 34.4. The summed E-state index contributed by atoms with van der Waals surface area (Å²) in [6.45, 7) is 0.299. The van der Waals surface area contributed by atoms with Crippen molar-refractivity contribution >= 4 is 75.8 Å². The standard InChI is InChI=1S/C75H92N12O14/c76-58(40-49-26-31-56(88)32-27-49)73(98)86-38-14-22-63(86)72(97)85-62(42-48-15-2-1-3-16-48)70(95)84-61(43-51-25-30-52-17-4-5-18-53(52)39-51)69(94)81-45-67(92)79-36-12-9-23-65(90)78-35-11-8-21-60(75(100)101)83-66(91)24-10-13-37-80-68(93)46-82-71(96)64-44-54-19-6-7-20-55(54)47-87(64)74(99)59(77)41-50-28-33-57(89)34-29-50/h1-7,15-20,25-34,39,58-64,88-89H,8-14,21-24,35-38,40-47,76-77H2,(H,78,90)(H,79,92)(H,80,93)(H,81,94)(H,82,96)(H,83,91)(H,84,95)(H,85,97)(H,100,101)/t58-,59-,60+,61+,62-,63-,64+/m1/s1. The Morgan fingerprint density at radius 1 is 0.446 bits per heavy atom. The summed E-state index contributed by atoms with van der Waals surface area (Å²) < 4.78 is 0. The lowest BCUT2D eigenvalue weighted by Gasteiger charge is -2.37. The third-order valence-electron chi connectivity index (χ3n) is 17.9. The number of nitrogens with one attached hydrogen (secondary N) is 8. The third kappa shape index (κ3) is 24.0. The number of nitrogens with zero attached hydrogens (tertiary/aromatic N) is 2. The van der Waals surface area contributed by atoms with Crippen molar-refractivity contribution in [3.8, 4) is 11.5 Å². The van der Waals surface area contributed by atoms with Crippen LogP contribution in [0, 0.1) is 0 Å². The highest BCUT2D eigenvalue weighted by Gasteiger charge is 2.40. The number of carboxylic acid groups (broad SMARTS) is 1. The van der Waals surface area contributed by atoms with E-state index < -0.39 is 108 Å². The van der Waals surface area contributed by atoms with Crippen molar-refractivity contribution in [3.05, 3.63) is 179 Å². The Balaban J connectivity index is 0.706. The van der Waals surface area contributed by atoms with Crippen LogP contribution in [0.1, 0.15) is 104 Å². The number of carbonyl (C=O) groups excluding carboxylic acids is 10. The Bertz CT molecular complexity index is 3840. The quantitative estimate of drug-likeness (QED) is 0.0249. The SMILES string of the molecule is N[C@H](Cc1ccc(O)cc1)C(=O)N1CCC[C@@H]1C(=O)N[C@H](Cc1ccccc1)C(=O)N[C@@H](Cc1ccc2ccccc2c1)C(=O)NCC(=O)NCCCCC(=O)NCCCC[C@H](NC(=O)CCCCNC(=O)CNC(=O)[C@@H]1Cc2ccccc2CN1C(=O)[C@H](N)Cc1ccc(O)cc1)C(=O)O. The molecule has 6 aromatic rings. The van der Waals surface area contributed by atoms with Crippen LogP contribution in [-0.2, 0) is 91.4 Å². The van der Waals surface area contributed by atoms with E-state index in [9.17, 15) is 68.1 Å². The number of nitrogens with two attached hydrogens (primary N) is 2.